The van der Waals surface area contributed by atoms with E-state index in [0.29, 0.717) is 6.42 Å². The number of nitrogens with two attached hydrogens (primary N) is 1. The summed E-state index contributed by atoms with van der Waals surface area (Å²) < 4.78 is 0. The minimum atomic E-state index is -0.0346. The average molecular weight is 213 g/mol. The van der Waals surface area contributed by atoms with Crippen LogP contribution in [0.4, 0.5) is 0 Å². The predicted molar refractivity (Wildman–Crippen MR) is 63.2 cm³/mol. The summed E-state index contributed by atoms with van der Waals surface area (Å²) >= 11 is 0. The van der Waals surface area contributed by atoms with Crippen LogP contribution in [0.15, 0.2) is 30.3 Å². The van der Waals surface area contributed by atoms with Gasteiger partial charge in [0, 0.05) is 6.42 Å². The second-order valence-corrected chi connectivity index (χ2v) is 3.95. The van der Waals surface area contributed by atoms with Gasteiger partial charge in [-0.25, -0.2) is 0 Å². The zero-order chi connectivity index (χ0) is 9.90. The lowest BCUT2D eigenvalue weighted by Crippen LogP contribution is -2.25. The Morgan fingerprint density at radius 2 is 1.79 bits per heavy atom. The van der Waals surface area contributed by atoms with Gasteiger partial charge in [0.2, 0.25) is 0 Å². The minimum Gasteiger partial charge on any atom is -0.388 e. The van der Waals surface area contributed by atoms with E-state index in [9.17, 15) is 0 Å². The smallest absolute Gasteiger partial charge is 0.0914 e. The molecule has 0 saturated heterocycles. The number of benzene rings is 1. The quantitative estimate of drug-likeness (QED) is 0.588. The van der Waals surface area contributed by atoms with Crippen molar-refractivity contribution >= 4 is 18.2 Å². The molecular formula is C11H17ClN2. The molecule has 0 aliphatic rings. The number of halogens is 1. The monoisotopic (exact) mass is 212 g/mol. The first-order valence-corrected chi connectivity index (χ1v) is 4.41. The van der Waals surface area contributed by atoms with Crippen LogP contribution in [0.5, 0.6) is 0 Å². The lowest BCUT2D eigenvalue weighted by atomic mass is 9.81. The maximum atomic E-state index is 7.28. The van der Waals surface area contributed by atoms with E-state index >= 15 is 0 Å². The summed E-state index contributed by atoms with van der Waals surface area (Å²) in [6.07, 6.45) is 0.608. The van der Waals surface area contributed by atoms with Crippen molar-refractivity contribution in [3.8, 4) is 0 Å². The summed E-state index contributed by atoms with van der Waals surface area (Å²) in [7, 11) is 0. The van der Waals surface area contributed by atoms with Gasteiger partial charge in [0.05, 0.1) is 5.84 Å². The molecule has 1 aromatic carbocycles. The highest BCUT2D eigenvalue weighted by Gasteiger charge is 2.20. The van der Waals surface area contributed by atoms with E-state index in [0.717, 1.165) is 0 Å². The van der Waals surface area contributed by atoms with Crippen LogP contribution in [0.25, 0.3) is 0 Å². The van der Waals surface area contributed by atoms with Gasteiger partial charge in [0.25, 0.3) is 0 Å². The summed E-state index contributed by atoms with van der Waals surface area (Å²) in [5, 5.41) is 7.28. The number of nitrogens with one attached hydrogen (secondary N) is 1. The van der Waals surface area contributed by atoms with Crippen molar-refractivity contribution in [2.24, 2.45) is 5.73 Å². The molecule has 1 rings (SSSR count). The molecule has 0 aromatic heterocycles. The zero-order valence-electron chi connectivity index (χ0n) is 8.58. The molecule has 0 spiro atoms. The topological polar surface area (TPSA) is 49.9 Å². The van der Waals surface area contributed by atoms with E-state index in [2.05, 4.69) is 26.0 Å². The third-order valence-electron chi connectivity index (χ3n) is 2.19. The third-order valence-corrected chi connectivity index (χ3v) is 2.19. The van der Waals surface area contributed by atoms with E-state index in [1.807, 2.05) is 18.2 Å². The molecule has 0 radical (unpaired) electrons. The first-order chi connectivity index (χ1) is 6.02. The van der Waals surface area contributed by atoms with Crippen LogP contribution in [0.3, 0.4) is 0 Å². The molecule has 14 heavy (non-hydrogen) atoms. The van der Waals surface area contributed by atoms with Gasteiger partial charge in [-0.1, -0.05) is 44.2 Å². The van der Waals surface area contributed by atoms with Gasteiger partial charge in [-0.2, -0.15) is 0 Å². The Balaban J connectivity index is 0.00000169. The highest BCUT2D eigenvalue weighted by atomic mass is 35.5. The maximum Gasteiger partial charge on any atom is 0.0914 e. The summed E-state index contributed by atoms with van der Waals surface area (Å²) in [5.74, 6) is 0.244. The van der Waals surface area contributed by atoms with Gasteiger partial charge in [-0.05, 0) is 11.0 Å². The van der Waals surface area contributed by atoms with E-state index in [1.54, 1.807) is 0 Å². The highest BCUT2D eigenvalue weighted by Crippen LogP contribution is 2.25. The fraction of sp³-hybridized carbons (Fsp3) is 0.364. The minimum absolute atomic E-state index is 0. The molecular weight excluding hydrogens is 196 g/mol. The van der Waals surface area contributed by atoms with Crippen LogP contribution in [0.2, 0.25) is 0 Å². The molecule has 1 aromatic rings. The first kappa shape index (κ1) is 13.0. The van der Waals surface area contributed by atoms with Gasteiger partial charge in [-0.3, -0.25) is 5.41 Å². The number of hydrogen-bond donors (Lipinski definition) is 2. The fourth-order valence-corrected chi connectivity index (χ4v) is 1.47. The van der Waals surface area contributed by atoms with Crippen molar-refractivity contribution in [1.82, 2.24) is 0 Å². The van der Waals surface area contributed by atoms with Crippen molar-refractivity contribution in [3.63, 3.8) is 0 Å². The van der Waals surface area contributed by atoms with Crippen molar-refractivity contribution in [3.05, 3.63) is 35.9 Å². The lowest BCUT2D eigenvalue weighted by Gasteiger charge is -2.24. The van der Waals surface area contributed by atoms with Crippen LogP contribution in [0, 0.1) is 5.41 Å². The summed E-state index contributed by atoms with van der Waals surface area (Å²) in [6.45, 7) is 4.20. The van der Waals surface area contributed by atoms with Gasteiger partial charge in [0.1, 0.15) is 0 Å². The molecule has 78 valence electrons. The maximum absolute atomic E-state index is 7.28. The van der Waals surface area contributed by atoms with E-state index in [-0.39, 0.29) is 23.7 Å². The normalized spacial score (nSPS) is 10.4. The van der Waals surface area contributed by atoms with Crippen LogP contribution in [0.1, 0.15) is 25.8 Å². The molecule has 0 atom stereocenters. The molecule has 2 nitrogen and oxygen atoms in total. The summed E-state index contributed by atoms with van der Waals surface area (Å²) in [5.41, 5.74) is 6.59. The molecule has 3 heteroatoms. The molecule has 0 aliphatic carbocycles. The second-order valence-electron chi connectivity index (χ2n) is 3.95. The molecule has 3 N–H and O–H groups in total. The predicted octanol–water partition coefficient (Wildman–Crippen LogP) is 2.71. The number of hydrogen-bond acceptors (Lipinski definition) is 1. The average Bonchev–Trinajstić information content (AvgIpc) is 2.04. The standard InChI is InChI=1S/C11H16N2.ClH/c1-11(2,8-10(12)13)9-6-4-3-5-7-9;/h3-7H,8H2,1-2H3,(H3,12,13);1H. The fourth-order valence-electron chi connectivity index (χ4n) is 1.47. The number of amidine groups is 1. The first-order valence-electron chi connectivity index (χ1n) is 4.41. The van der Waals surface area contributed by atoms with Gasteiger partial charge < -0.3 is 5.73 Å². The zero-order valence-corrected chi connectivity index (χ0v) is 9.40. The summed E-state index contributed by atoms with van der Waals surface area (Å²) in [4.78, 5) is 0. The number of rotatable bonds is 3. The van der Waals surface area contributed by atoms with E-state index < -0.39 is 0 Å². The third kappa shape index (κ3) is 3.38. The van der Waals surface area contributed by atoms with Gasteiger partial charge >= 0.3 is 0 Å². The van der Waals surface area contributed by atoms with Crippen LogP contribution < -0.4 is 5.73 Å². The van der Waals surface area contributed by atoms with Crippen molar-refractivity contribution in [2.75, 3.05) is 0 Å². The highest BCUT2D eigenvalue weighted by molar-refractivity contribution is 5.85. The Morgan fingerprint density at radius 1 is 1.29 bits per heavy atom. The molecule has 0 amide bonds. The molecule has 0 bridgehead atoms. The Bertz CT molecular complexity index is 293. The Kier molecular flexibility index (Phi) is 4.64. The largest absolute Gasteiger partial charge is 0.388 e. The second kappa shape index (κ2) is 5.01. The van der Waals surface area contributed by atoms with Crippen molar-refractivity contribution in [2.45, 2.75) is 25.7 Å². The van der Waals surface area contributed by atoms with E-state index in [1.165, 1.54) is 5.56 Å². The lowest BCUT2D eigenvalue weighted by molar-refractivity contribution is 0.546. The molecule has 0 fully saturated rings. The van der Waals surface area contributed by atoms with Gasteiger partial charge in [0.15, 0.2) is 0 Å². The SMILES string of the molecule is CC(C)(CC(=N)N)c1ccccc1.Cl. The van der Waals surface area contributed by atoms with Gasteiger partial charge in [-0.15, -0.1) is 12.4 Å². The molecule has 0 unspecified atom stereocenters. The molecule has 0 aliphatic heterocycles. The van der Waals surface area contributed by atoms with E-state index in [4.69, 9.17) is 11.1 Å². The van der Waals surface area contributed by atoms with Crippen molar-refractivity contribution in [1.29, 1.82) is 5.41 Å². The Morgan fingerprint density at radius 3 is 2.21 bits per heavy atom. The molecule has 0 saturated carbocycles. The molecule has 0 heterocycles. The summed E-state index contributed by atoms with van der Waals surface area (Å²) in [6, 6.07) is 10.2. The Labute approximate surface area is 91.4 Å². The Hall–Kier alpha value is -1.02. The van der Waals surface area contributed by atoms with Crippen LogP contribution >= 0.6 is 12.4 Å². The van der Waals surface area contributed by atoms with Crippen molar-refractivity contribution < 1.29 is 0 Å². The van der Waals surface area contributed by atoms with Crippen LogP contribution in [-0.4, -0.2) is 5.84 Å². The van der Waals surface area contributed by atoms with Crippen LogP contribution in [-0.2, 0) is 5.41 Å².